The van der Waals surface area contributed by atoms with E-state index < -0.39 is 0 Å². The Balaban J connectivity index is 2.20. The van der Waals surface area contributed by atoms with Gasteiger partial charge in [-0.05, 0) is 45.8 Å². The smallest absolute Gasteiger partial charge is 0.00939 e. The van der Waals surface area contributed by atoms with Gasteiger partial charge in [0.25, 0.3) is 0 Å². The quantitative estimate of drug-likeness (QED) is 0.681. The Hall–Kier alpha value is -0.0800. The summed E-state index contributed by atoms with van der Waals surface area (Å²) in [5, 5.41) is 3.58. The number of nitrogens with one attached hydrogen (secondary N) is 1. The summed E-state index contributed by atoms with van der Waals surface area (Å²) >= 11 is 0. The average molecular weight is 212 g/mol. The molecule has 15 heavy (non-hydrogen) atoms. The number of rotatable bonds is 6. The predicted octanol–water partition coefficient (Wildman–Crippen LogP) is 2.64. The summed E-state index contributed by atoms with van der Waals surface area (Å²) in [5.74, 6) is 0. The zero-order chi connectivity index (χ0) is 11.1. The van der Waals surface area contributed by atoms with Crippen molar-refractivity contribution in [2.45, 2.75) is 65.0 Å². The van der Waals surface area contributed by atoms with Gasteiger partial charge in [0, 0.05) is 12.1 Å². The summed E-state index contributed by atoms with van der Waals surface area (Å²) in [6, 6.07) is 1.55. The fraction of sp³-hybridized carbons (Fsp3) is 1.00. The van der Waals surface area contributed by atoms with Crippen LogP contribution in [0, 0.1) is 0 Å². The maximum absolute atomic E-state index is 3.58. The molecule has 0 aromatic carbocycles. The first-order valence-electron chi connectivity index (χ1n) is 6.75. The number of hydrogen-bond donors (Lipinski definition) is 1. The Bertz CT molecular complexity index is 159. The molecule has 1 aliphatic heterocycles. The second-order valence-electron chi connectivity index (χ2n) is 4.87. The van der Waals surface area contributed by atoms with E-state index in [1.807, 2.05) is 0 Å². The van der Waals surface area contributed by atoms with E-state index in [-0.39, 0.29) is 0 Å². The van der Waals surface area contributed by atoms with Gasteiger partial charge >= 0.3 is 0 Å². The van der Waals surface area contributed by atoms with Gasteiger partial charge < -0.3 is 10.2 Å². The number of likely N-dealkylation sites (tertiary alicyclic amines) is 1. The molecule has 1 fully saturated rings. The van der Waals surface area contributed by atoms with Crippen LogP contribution in [0.5, 0.6) is 0 Å². The summed E-state index contributed by atoms with van der Waals surface area (Å²) in [7, 11) is 0. The van der Waals surface area contributed by atoms with Gasteiger partial charge in [0.2, 0.25) is 0 Å². The zero-order valence-corrected chi connectivity index (χ0v) is 10.8. The lowest BCUT2D eigenvalue weighted by Gasteiger charge is -2.38. The second kappa shape index (κ2) is 7.24. The van der Waals surface area contributed by atoms with Gasteiger partial charge in [0.05, 0.1) is 0 Å². The number of piperidine rings is 1. The highest BCUT2D eigenvalue weighted by molar-refractivity contribution is 4.82. The Labute approximate surface area is 95.4 Å². The SMILES string of the molecule is CCCCCN1CCC(NCC)CC1C. The number of hydrogen-bond acceptors (Lipinski definition) is 2. The molecule has 2 unspecified atom stereocenters. The Morgan fingerprint density at radius 3 is 2.67 bits per heavy atom. The minimum Gasteiger partial charge on any atom is -0.314 e. The number of unbranched alkanes of at least 4 members (excludes halogenated alkanes) is 2. The normalized spacial score (nSPS) is 28.2. The van der Waals surface area contributed by atoms with Gasteiger partial charge in [-0.3, -0.25) is 0 Å². The van der Waals surface area contributed by atoms with Crippen molar-refractivity contribution < 1.29 is 0 Å². The zero-order valence-electron chi connectivity index (χ0n) is 10.8. The van der Waals surface area contributed by atoms with E-state index in [1.165, 1.54) is 45.2 Å². The van der Waals surface area contributed by atoms with Gasteiger partial charge in [-0.15, -0.1) is 0 Å². The average Bonchev–Trinajstić information content (AvgIpc) is 2.22. The molecule has 2 nitrogen and oxygen atoms in total. The Kier molecular flexibility index (Phi) is 6.26. The third-order valence-electron chi connectivity index (χ3n) is 3.56. The molecule has 0 aromatic heterocycles. The molecular weight excluding hydrogens is 184 g/mol. The van der Waals surface area contributed by atoms with Crippen molar-refractivity contribution >= 4 is 0 Å². The highest BCUT2D eigenvalue weighted by Crippen LogP contribution is 2.17. The van der Waals surface area contributed by atoms with Gasteiger partial charge in [-0.2, -0.15) is 0 Å². The molecule has 2 heteroatoms. The third kappa shape index (κ3) is 4.52. The van der Waals surface area contributed by atoms with Gasteiger partial charge in [-0.25, -0.2) is 0 Å². The van der Waals surface area contributed by atoms with Crippen LogP contribution in [0.25, 0.3) is 0 Å². The molecule has 90 valence electrons. The third-order valence-corrected chi connectivity index (χ3v) is 3.56. The van der Waals surface area contributed by atoms with Crippen LogP contribution in [-0.2, 0) is 0 Å². The molecule has 2 atom stereocenters. The highest BCUT2D eigenvalue weighted by atomic mass is 15.2. The molecular formula is C13H28N2. The van der Waals surface area contributed by atoms with Crippen LogP contribution in [0.3, 0.4) is 0 Å². The van der Waals surface area contributed by atoms with Crippen molar-refractivity contribution in [1.29, 1.82) is 0 Å². The van der Waals surface area contributed by atoms with E-state index in [4.69, 9.17) is 0 Å². The van der Waals surface area contributed by atoms with Crippen molar-refractivity contribution in [2.24, 2.45) is 0 Å². The van der Waals surface area contributed by atoms with Crippen molar-refractivity contribution in [2.75, 3.05) is 19.6 Å². The minimum atomic E-state index is 0.771. The largest absolute Gasteiger partial charge is 0.314 e. The van der Waals surface area contributed by atoms with E-state index in [2.05, 4.69) is 31.0 Å². The summed E-state index contributed by atoms with van der Waals surface area (Å²) in [6.45, 7) is 10.6. The lowest BCUT2D eigenvalue weighted by Crippen LogP contribution is -2.47. The van der Waals surface area contributed by atoms with Gasteiger partial charge in [-0.1, -0.05) is 26.7 Å². The Morgan fingerprint density at radius 1 is 1.27 bits per heavy atom. The van der Waals surface area contributed by atoms with Crippen molar-refractivity contribution in [3.8, 4) is 0 Å². The lowest BCUT2D eigenvalue weighted by molar-refractivity contribution is 0.134. The summed E-state index contributed by atoms with van der Waals surface area (Å²) < 4.78 is 0. The van der Waals surface area contributed by atoms with Crippen LogP contribution < -0.4 is 5.32 Å². The molecule has 0 saturated carbocycles. The topological polar surface area (TPSA) is 15.3 Å². The highest BCUT2D eigenvalue weighted by Gasteiger charge is 2.23. The molecule has 1 N–H and O–H groups in total. The van der Waals surface area contributed by atoms with Gasteiger partial charge in [0.1, 0.15) is 0 Å². The summed E-state index contributed by atoms with van der Waals surface area (Å²) in [4.78, 5) is 2.67. The van der Waals surface area contributed by atoms with E-state index in [0.717, 1.165) is 18.6 Å². The Morgan fingerprint density at radius 2 is 2.07 bits per heavy atom. The van der Waals surface area contributed by atoms with E-state index in [1.54, 1.807) is 0 Å². The van der Waals surface area contributed by atoms with Crippen LogP contribution in [0.1, 0.15) is 52.9 Å². The summed E-state index contributed by atoms with van der Waals surface area (Å²) in [5.41, 5.74) is 0. The van der Waals surface area contributed by atoms with E-state index >= 15 is 0 Å². The molecule has 1 heterocycles. The van der Waals surface area contributed by atoms with Gasteiger partial charge in [0.15, 0.2) is 0 Å². The number of nitrogens with zero attached hydrogens (tertiary/aromatic N) is 1. The van der Waals surface area contributed by atoms with Crippen LogP contribution in [0.2, 0.25) is 0 Å². The van der Waals surface area contributed by atoms with Crippen LogP contribution >= 0.6 is 0 Å². The predicted molar refractivity (Wildman–Crippen MR) is 67.3 cm³/mol. The first kappa shape index (κ1) is 13.0. The van der Waals surface area contributed by atoms with Crippen LogP contribution in [0.4, 0.5) is 0 Å². The minimum absolute atomic E-state index is 0.771. The lowest BCUT2D eigenvalue weighted by atomic mass is 9.98. The fourth-order valence-electron chi connectivity index (χ4n) is 2.59. The monoisotopic (exact) mass is 212 g/mol. The molecule has 0 aromatic rings. The molecule has 0 amide bonds. The van der Waals surface area contributed by atoms with Crippen molar-refractivity contribution in [3.63, 3.8) is 0 Å². The van der Waals surface area contributed by atoms with E-state index in [0.29, 0.717) is 0 Å². The molecule has 1 aliphatic rings. The maximum Gasteiger partial charge on any atom is 0.00939 e. The molecule has 0 radical (unpaired) electrons. The van der Waals surface area contributed by atoms with Crippen molar-refractivity contribution in [1.82, 2.24) is 10.2 Å². The molecule has 1 saturated heterocycles. The summed E-state index contributed by atoms with van der Waals surface area (Å²) in [6.07, 6.45) is 6.78. The second-order valence-corrected chi connectivity index (χ2v) is 4.87. The molecule has 0 aliphatic carbocycles. The van der Waals surface area contributed by atoms with Crippen molar-refractivity contribution in [3.05, 3.63) is 0 Å². The molecule has 0 bridgehead atoms. The van der Waals surface area contributed by atoms with Crippen LogP contribution in [0.15, 0.2) is 0 Å². The van der Waals surface area contributed by atoms with Crippen LogP contribution in [-0.4, -0.2) is 36.6 Å². The van der Waals surface area contributed by atoms with E-state index in [9.17, 15) is 0 Å². The standard InChI is InChI=1S/C13H28N2/c1-4-6-7-9-15-10-8-13(14-5-2)11-12(15)3/h12-14H,4-11H2,1-3H3. The first-order chi connectivity index (χ1) is 7.27. The fourth-order valence-corrected chi connectivity index (χ4v) is 2.59. The molecule has 1 rings (SSSR count). The molecule has 0 spiro atoms. The maximum atomic E-state index is 3.58. The first-order valence-corrected chi connectivity index (χ1v) is 6.75.